The van der Waals surface area contributed by atoms with Gasteiger partial charge in [0, 0.05) is 24.5 Å². The summed E-state index contributed by atoms with van der Waals surface area (Å²) in [6.45, 7) is 6.63. The fourth-order valence-electron chi connectivity index (χ4n) is 1.95. The maximum absolute atomic E-state index is 5.84. The van der Waals surface area contributed by atoms with Gasteiger partial charge >= 0.3 is 0 Å². The molecule has 0 aromatic heterocycles. The average molecular weight is 297 g/mol. The van der Waals surface area contributed by atoms with Gasteiger partial charge in [0.05, 0.1) is 6.61 Å². The second-order valence-electron chi connectivity index (χ2n) is 4.55. The first-order chi connectivity index (χ1) is 9.83. The van der Waals surface area contributed by atoms with Gasteiger partial charge in [-0.25, -0.2) is 0 Å². The van der Waals surface area contributed by atoms with Crippen LogP contribution in [0.4, 0.5) is 0 Å². The Labute approximate surface area is 127 Å². The minimum Gasteiger partial charge on any atom is -0.491 e. The number of thioether (sulfide) groups is 1. The average Bonchev–Trinajstić information content (AvgIpc) is 2.48. The van der Waals surface area contributed by atoms with Crippen LogP contribution in [0, 0.1) is 0 Å². The molecule has 1 unspecified atom stereocenters. The number of para-hydroxylation sites is 1. The van der Waals surface area contributed by atoms with Gasteiger partial charge in [-0.1, -0.05) is 32.0 Å². The summed E-state index contributed by atoms with van der Waals surface area (Å²) in [6.07, 6.45) is 1.14. The van der Waals surface area contributed by atoms with Crippen LogP contribution in [0.5, 0.6) is 5.75 Å². The van der Waals surface area contributed by atoms with Gasteiger partial charge in [0.15, 0.2) is 0 Å². The van der Waals surface area contributed by atoms with Crippen LogP contribution in [0.3, 0.4) is 0 Å². The summed E-state index contributed by atoms with van der Waals surface area (Å²) in [5, 5.41) is 3.62. The van der Waals surface area contributed by atoms with Crippen molar-refractivity contribution in [1.82, 2.24) is 5.32 Å². The molecule has 0 spiro atoms. The fourth-order valence-corrected chi connectivity index (χ4v) is 2.72. The summed E-state index contributed by atoms with van der Waals surface area (Å²) in [5.74, 6) is 3.17. The molecule has 0 aliphatic heterocycles. The van der Waals surface area contributed by atoms with Crippen molar-refractivity contribution in [1.29, 1.82) is 0 Å². The van der Waals surface area contributed by atoms with Crippen LogP contribution in [0.1, 0.15) is 31.9 Å². The SMILES string of the molecule is CCCNC(CSCC)c1ccccc1OCCOC. The molecular weight excluding hydrogens is 270 g/mol. The molecule has 0 saturated carbocycles. The maximum atomic E-state index is 5.84. The molecule has 114 valence electrons. The first kappa shape index (κ1) is 17.3. The van der Waals surface area contributed by atoms with Gasteiger partial charge in [0.1, 0.15) is 12.4 Å². The van der Waals surface area contributed by atoms with E-state index in [1.165, 1.54) is 5.56 Å². The van der Waals surface area contributed by atoms with E-state index in [0.29, 0.717) is 19.3 Å². The number of nitrogens with one attached hydrogen (secondary N) is 1. The third-order valence-electron chi connectivity index (χ3n) is 2.97. The lowest BCUT2D eigenvalue weighted by Crippen LogP contribution is -2.25. The molecule has 0 amide bonds. The van der Waals surface area contributed by atoms with E-state index in [-0.39, 0.29) is 0 Å². The fraction of sp³-hybridized carbons (Fsp3) is 0.625. The van der Waals surface area contributed by atoms with E-state index >= 15 is 0 Å². The Hall–Kier alpha value is -0.710. The minimum absolute atomic E-state index is 0.346. The van der Waals surface area contributed by atoms with Crippen LogP contribution in [0.2, 0.25) is 0 Å². The standard InChI is InChI=1S/C16H27NO2S/c1-4-10-17-15(13-20-5-2)14-8-6-7-9-16(14)19-12-11-18-3/h6-9,15,17H,4-5,10-13H2,1-3H3. The Balaban J connectivity index is 2.75. The zero-order chi connectivity index (χ0) is 14.6. The van der Waals surface area contributed by atoms with Gasteiger partial charge in [-0.05, 0) is 24.8 Å². The Bertz CT molecular complexity index is 352. The molecule has 1 atom stereocenters. The molecule has 0 aliphatic rings. The molecule has 0 saturated heterocycles. The lowest BCUT2D eigenvalue weighted by atomic mass is 10.1. The van der Waals surface area contributed by atoms with Crippen molar-refractivity contribution < 1.29 is 9.47 Å². The maximum Gasteiger partial charge on any atom is 0.124 e. The highest BCUT2D eigenvalue weighted by Crippen LogP contribution is 2.27. The summed E-state index contributed by atoms with van der Waals surface area (Å²) in [6, 6.07) is 8.65. The second-order valence-corrected chi connectivity index (χ2v) is 5.86. The van der Waals surface area contributed by atoms with Gasteiger partial charge < -0.3 is 14.8 Å². The number of methoxy groups -OCH3 is 1. The van der Waals surface area contributed by atoms with Crippen molar-refractivity contribution >= 4 is 11.8 Å². The molecule has 1 rings (SSSR count). The molecule has 3 nitrogen and oxygen atoms in total. The molecule has 1 aromatic rings. The highest BCUT2D eigenvalue weighted by atomic mass is 32.2. The van der Waals surface area contributed by atoms with Crippen molar-refractivity contribution in [3.8, 4) is 5.75 Å². The number of rotatable bonds is 11. The minimum atomic E-state index is 0.346. The first-order valence-corrected chi connectivity index (χ1v) is 8.50. The van der Waals surface area contributed by atoms with Gasteiger partial charge in [-0.2, -0.15) is 11.8 Å². The molecule has 0 fully saturated rings. The van der Waals surface area contributed by atoms with E-state index in [0.717, 1.165) is 30.2 Å². The molecule has 4 heteroatoms. The molecule has 0 bridgehead atoms. The van der Waals surface area contributed by atoms with Crippen molar-refractivity contribution in [2.24, 2.45) is 0 Å². The van der Waals surface area contributed by atoms with E-state index in [1.807, 2.05) is 23.9 Å². The van der Waals surface area contributed by atoms with Gasteiger partial charge in [0.2, 0.25) is 0 Å². The Morgan fingerprint density at radius 1 is 1.20 bits per heavy atom. The number of benzene rings is 1. The Morgan fingerprint density at radius 3 is 2.70 bits per heavy atom. The smallest absolute Gasteiger partial charge is 0.124 e. The van der Waals surface area contributed by atoms with Gasteiger partial charge in [-0.3, -0.25) is 0 Å². The van der Waals surface area contributed by atoms with Gasteiger partial charge in [-0.15, -0.1) is 0 Å². The summed E-state index contributed by atoms with van der Waals surface area (Å²) >= 11 is 1.96. The normalized spacial score (nSPS) is 12.3. The lowest BCUT2D eigenvalue weighted by molar-refractivity contribution is 0.145. The van der Waals surface area contributed by atoms with Crippen molar-refractivity contribution in [2.45, 2.75) is 26.3 Å². The predicted molar refractivity (Wildman–Crippen MR) is 87.8 cm³/mol. The van der Waals surface area contributed by atoms with E-state index in [9.17, 15) is 0 Å². The van der Waals surface area contributed by atoms with E-state index in [1.54, 1.807) is 7.11 Å². The molecule has 0 aliphatic carbocycles. The van der Waals surface area contributed by atoms with Crippen LogP contribution < -0.4 is 10.1 Å². The van der Waals surface area contributed by atoms with E-state index in [4.69, 9.17) is 9.47 Å². The van der Waals surface area contributed by atoms with Crippen LogP contribution in [0.15, 0.2) is 24.3 Å². The highest BCUT2D eigenvalue weighted by molar-refractivity contribution is 7.99. The molecular formula is C16H27NO2S. The monoisotopic (exact) mass is 297 g/mol. The van der Waals surface area contributed by atoms with Crippen LogP contribution in [0.25, 0.3) is 0 Å². The number of hydrogen-bond acceptors (Lipinski definition) is 4. The van der Waals surface area contributed by atoms with Crippen molar-refractivity contribution in [3.05, 3.63) is 29.8 Å². The van der Waals surface area contributed by atoms with Gasteiger partial charge in [0.25, 0.3) is 0 Å². The van der Waals surface area contributed by atoms with Crippen molar-refractivity contribution in [2.75, 3.05) is 38.4 Å². The Kier molecular flexibility index (Phi) is 9.54. The van der Waals surface area contributed by atoms with Crippen LogP contribution in [-0.2, 0) is 4.74 Å². The number of hydrogen-bond donors (Lipinski definition) is 1. The third kappa shape index (κ3) is 6.16. The molecule has 20 heavy (non-hydrogen) atoms. The summed E-state index contributed by atoms with van der Waals surface area (Å²) in [7, 11) is 1.69. The second kappa shape index (κ2) is 11.0. The topological polar surface area (TPSA) is 30.5 Å². The lowest BCUT2D eigenvalue weighted by Gasteiger charge is -2.21. The molecule has 0 radical (unpaired) electrons. The summed E-state index contributed by atoms with van der Waals surface area (Å²) in [4.78, 5) is 0. The summed E-state index contributed by atoms with van der Waals surface area (Å²) < 4.78 is 10.9. The third-order valence-corrected chi connectivity index (χ3v) is 3.95. The quantitative estimate of drug-likeness (QED) is 0.633. The predicted octanol–water partition coefficient (Wildman–Crippen LogP) is 3.51. The van der Waals surface area contributed by atoms with Crippen molar-refractivity contribution in [3.63, 3.8) is 0 Å². The van der Waals surface area contributed by atoms with Crippen LogP contribution in [-0.4, -0.2) is 38.4 Å². The molecule has 1 aromatic carbocycles. The van der Waals surface area contributed by atoms with E-state index in [2.05, 4.69) is 31.3 Å². The van der Waals surface area contributed by atoms with E-state index < -0.39 is 0 Å². The zero-order valence-corrected chi connectivity index (χ0v) is 13.7. The molecule has 0 heterocycles. The molecule has 1 N–H and O–H groups in total. The van der Waals surface area contributed by atoms with Crippen LogP contribution >= 0.6 is 11.8 Å². The number of ether oxygens (including phenoxy) is 2. The largest absolute Gasteiger partial charge is 0.491 e. The summed E-state index contributed by atoms with van der Waals surface area (Å²) in [5.41, 5.74) is 1.25. The zero-order valence-electron chi connectivity index (χ0n) is 12.9. The Morgan fingerprint density at radius 2 is 2.00 bits per heavy atom. The first-order valence-electron chi connectivity index (χ1n) is 7.35. The highest BCUT2D eigenvalue weighted by Gasteiger charge is 2.15.